The summed E-state index contributed by atoms with van der Waals surface area (Å²) in [5, 5.41) is 5.73. The van der Waals surface area contributed by atoms with Crippen molar-refractivity contribution in [2.75, 3.05) is 12.4 Å². The van der Waals surface area contributed by atoms with Crippen LogP contribution in [0.25, 0.3) is 0 Å². The van der Waals surface area contributed by atoms with Gasteiger partial charge in [-0.2, -0.15) is 0 Å². The minimum absolute atomic E-state index is 0.355. The first kappa shape index (κ1) is 16.5. The normalized spacial score (nSPS) is 11.6. The molecular formula is C18H19N5O2. The van der Waals surface area contributed by atoms with Gasteiger partial charge in [0.1, 0.15) is 17.6 Å². The Labute approximate surface area is 145 Å². The molecule has 0 aliphatic heterocycles. The Hall–Kier alpha value is -3.35. The zero-order valence-corrected chi connectivity index (χ0v) is 14.0. The van der Waals surface area contributed by atoms with Crippen molar-refractivity contribution in [3.05, 3.63) is 72.6 Å². The maximum atomic E-state index is 12.5. The van der Waals surface area contributed by atoms with Crippen molar-refractivity contribution in [3.8, 4) is 5.75 Å². The van der Waals surface area contributed by atoms with Crippen LogP contribution < -0.4 is 15.4 Å². The number of nitrogens with zero attached hydrogens (tertiary/aromatic N) is 3. The zero-order valence-electron chi connectivity index (χ0n) is 14.0. The second kappa shape index (κ2) is 7.48. The summed E-state index contributed by atoms with van der Waals surface area (Å²) in [6.07, 6.45) is 6.75. The summed E-state index contributed by atoms with van der Waals surface area (Å²) in [7, 11) is 3.48. The lowest BCUT2D eigenvalue weighted by Crippen LogP contribution is -2.34. The number of aryl methyl sites for hydroxylation is 1. The summed E-state index contributed by atoms with van der Waals surface area (Å²) in [6, 6.07) is 10.2. The fourth-order valence-electron chi connectivity index (χ4n) is 2.58. The molecule has 2 amide bonds. The number of pyridine rings is 1. The summed E-state index contributed by atoms with van der Waals surface area (Å²) in [4.78, 5) is 20.8. The number of ether oxygens (including phenoxy) is 1. The van der Waals surface area contributed by atoms with Crippen LogP contribution >= 0.6 is 0 Å². The number of anilines is 1. The number of hydrogen-bond donors (Lipinski definition) is 2. The number of hydrogen-bond acceptors (Lipinski definition) is 4. The van der Waals surface area contributed by atoms with Gasteiger partial charge in [0, 0.05) is 31.2 Å². The van der Waals surface area contributed by atoms with Gasteiger partial charge >= 0.3 is 6.03 Å². The minimum atomic E-state index is -0.465. The molecule has 0 radical (unpaired) electrons. The van der Waals surface area contributed by atoms with Gasteiger partial charge in [-0.25, -0.2) is 9.78 Å². The number of rotatable bonds is 5. The largest absolute Gasteiger partial charge is 0.496 e. The Balaban J connectivity index is 1.90. The molecule has 3 rings (SSSR count). The van der Waals surface area contributed by atoms with Gasteiger partial charge in [-0.05, 0) is 18.2 Å². The van der Waals surface area contributed by atoms with Gasteiger partial charge in [0.05, 0.1) is 19.0 Å². The molecule has 0 aliphatic rings. The van der Waals surface area contributed by atoms with Gasteiger partial charge in [-0.3, -0.25) is 4.98 Å². The molecule has 3 aromatic rings. The molecule has 0 fully saturated rings. The van der Waals surface area contributed by atoms with Gasteiger partial charge in [0.15, 0.2) is 0 Å². The number of urea groups is 1. The van der Waals surface area contributed by atoms with Gasteiger partial charge in [0.25, 0.3) is 0 Å². The first-order valence-electron chi connectivity index (χ1n) is 7.76. The highest BCUT2D eigenvalue weighted by molar-refractivity contribution is 5.89. The van der Waals surface area contributed by atoms with Crippen LogP contribution in [0.3, 0.4) is 0 Å². The van der Waals surface area contributed by atoms with E-state index < -0.39 is 6.04 Å². The number of imidazole rings is 1. The lowest BCUT2D eigenvalue weighted by molar-refractivity contribution is 0.249. The molecule has 0 saturated heterocycles. The van der Waals surface area contributed by atoms with E-state index in [0.717, 1.165) is 5.56 Å². The van der Waals surface area contributed by atoms with Crippen LogP contribution in [0.2, 0.25) is 0 Å². The van der Waals surface area contributed by atoms with Crippen molar-refractivity contribution in [2.45, 2.75) is 6.04 Å². The molecule has 0 bridgehead atoms. The summed E-state index contributed by atoms with van der Waals surface area (Å²) in [5.74, 6) is 1.38. The minimum Gasteiger partial charge on any atom is -0.496 e. The molecule has 1 unspecified atom stereocenters. The molecule has 128 valence electrons. The van der Waals surface area contributed by atoms with Gasteiger partial charge in [0.2, 0.25) is 0 Å². The van der Waals surface area contributed by atoms with E-state index in [2.05, 4.69) is 20.6 Å². The molecule has 2 heterocycles. The van der Waals surface area contributed by atoms with E-state index in [0.29, 0.717) is 17.3 Å². The highest BCUT2D eigenvalue weighted by Crippen LogP contribution is 2.29. The maximum absolute atomic E-state index is 12.5. The van der Waals surface area contributed by atoms with E-state index in [1.807, 2.05) is 42.1 Å². The molecule has 2 aromatic heterocycles. The molecule has 0 spiro atoms. The third-order valence-corrected chi connectivity index (χ3v) is 3.76. The second-order valence-corrected chi connectivity index (χ2v) is 5.41. The first-order chi connectivity index (χ1) is 12.2. The summed E-state index contributed by atoms with van der Waals surface area (Å²) < 4.78 is 7.31. The highest BCUT2D eigenvalue weighted by atomic mass is 16.5. The fourth-order valence-corrected chi connectivity index (χ4v) is 2.58. The topological polar surface area (TPSA) is 81.1 Å². The van der Waals surface area contributed by atoms with Crippen molar-refractivity contribution in [1.29, 1.82) is 0 Å². The Morgan fingerprint density at radius 1 is 1.20 bits per heavy atom. The van der Waals surface area contributed by atoms with Crippen LogP contribution in [-0.4, -0.2) is 27.7 Å². The average molecular weight is 337 g/mol. The van der Waals surface area contributed by atoms with Crippen molar-refractivity contribution >= 4 is 11.7 Å². The Morgan fingerprint density at radius 2 is 2.04 bits per heavy atom. The molecule has 25 heavy (non-hydrogen) atoms. The number of methoxy groups -OCH3 is 1. The predicted molar refractivity (Wildman–Crippen MR) is 94.4 cm³/mol. The quantitative estimate of drug-likeness (QED) is 0.750. The smallest absolute Gasteiger partial charge is 0.320 e. The third kappa shape index (κ3) is 3.77. The molecule has 7 nitrogen and oxygen atoms in total. The molecule has 1 atom stereocenters. The van der Waals surface area contributed by atoms with Crippen LogP contribution in [0.5, 0.6) is 5.75 Å². The lowest BCUT2D eigenvalue weighted by atomic mass is 10.0. The van der Waals surface area contributed by atoms with E-state index in [9.17, 15) is 4.79 Å². The second-order valence-electron chi connectivity index (χ2n) is 5.41. The Bertz CT molecular complexity index is 847. The van der Waals surface area contributed by atoms with Crippen molar-refractivity contribution in [2.24, 2.45) is 7.05 Å². The van der Waals surface area contributed by atoms with E-state index in [1.165, 1.54) is 0 Å². The molecule has 2 N–H and O–H groups in total. The number of aromatic nitrogens is 3. The third-order valence-electron chi connectivity index (χ3n) is 3.76. The maximum Gasteiger partial charge on any atom is 0.320 e. The number of amides is 2. The molecule has 1 aromatic carbocycles. The number of carbonyl (C=O) groups excluding carboxylic acids is 1. The fraction of sp³-hybridized carbons (Fsp3) is 0.167. The monoisotopic (exact) mass is 337 g/mol. The molecular weight excluding hydrogens is 318 g/mol. The van der Waals surface area contributed by atoms with E-state index in [-0.39, 0.29) is 6.03 Å². The van der Waals surface area contributed by atoms with Crippen LogP contribution in [-0.2, 0) is 7.05 Å². The van der Waals surface area contributed by atoms with Gasteiger partial charge in [-0.15, -0.1) is 0 Å². The van der Waals surface area contributed by atoms with Crippen molar-refractivity contribution in [1.82, 2.24) is 19.9 Å². The Kier molecular flexibility index (Phi) is 4.94. The average Bonchev–Trinajstić information content (AvgIpc) is 3.06. The molecule has 0 aliphatic carbocycles. The van der Waals surface area contributed by atoms with Gasteiger partial charge in [-0.1, -0.05) is 18.2 Å². The van der Waals surface area contributed by atoms with Gasteiger partial charge < -0.3 is 19.9 Å². The number of benzene rings is 1. The summed E-state index contributed by atoms with van der Waals surface area (Å²) in [6.45, 7) is 0. The summed E-state index contributed by atoms with van der Waals surface area (Å²) in [5.41, 5.74) is 1.43. The number of para-hydroxylation sites is 1. The highest BCUT2D eigenvalue weighted by Gasteiger charge is 2.23. The van der Waals surface area contributed by atoms with Crippen LogP contribution in [0.1, 0.15) is 17.4 Å². The van der Waals surface area contributed by atoms with E-state index in [4.69, 9.17) is 4.74 Å². The van der Waals surface area contributed by atoms with E-state index >= 15 is 0 Å². The Morgan fingerprint density at radius 3 is 2.72 bits per heavy atom. The summed E-state index contributed by atoms with van der Waals surface area (Å²) >= 11 is 0. The van der Waals surface area contributed by atoms with Crippen molar-refractivity contribution in [3.63, 3.8) is 0 Å². The van der Waals surface area contributed by atoms with E-state index in [1.54, 1.807) is 37.8 Å². The number of nitrogens with one attached hydrogen (secondary N) is 2. The molecule has 7 heteroatoms. The standard InChI is InChI=1S/C18H19N5O2/c1-23-11-10-20-17(23)16(14-7-3-4-8-15(14)25-2)22-18(24)21-13-6-5-9-19-12-13/h3-12,16H,1-2H3,(H2,21,22,24). The van der Waals surface area contributed by atoms with Crippen molar-refractivity contribution < 1.29 is 9.53 Å². The first-order valence-corrected chi connectivity index (χ1v) is 7.76. The number of carbonyl (C=O) groups is 1. The predicted octanol–water partition coefficient (Wildman–Crippen LogP) is 2.73. The van der Waals surface area contributed by atoms with Crippen LogP contribution in [0, 0.1) is 0 Å². The SMILES string of the molecule is COc1ccccc1C(NC(=O)Nc1cccnc1)c1nccn1C. The van der Waals surface area contributed by atoms with Crippen LogP contribution in [0.15, 0.2) is 61.2 Å². The zero-order chi connectivity index (χ0) is 17.6. The molecule has 0 saturated carbocycles. The van der Waals surface area contributed by atoms with Crippen LogP contribution in [0.4, 0.5) is 10.5 Å². The lowest BCUT2D eigenvalue weighted by Gasteiger charge is -2.21.